The number of ether oxygens (including phenoxy) is 1. The second kappa shape index (κ2) is 7.03. The van der Waals surface area contributed by atoms with Crippen LogP contribution in [0.25, 0.3) is 0 Å². The molecule has 0 spiro atoms. The first-order valence-electron chi connectivity index (χ1n) is 6.68. The maximum Gasteiger partial charge on any atom is 0.224 e. The highest BCUT2D eigenvalue weighted by Crippen LogP contribution is 2.19. The van der Waals surface area contributed by atoms with Crippen LogP contribution in [0.5, 0.6) is 5.75 Å². The maximum atomic E-state index is 12.0. The van der Waals surface area contributed by atoms with Crippen LogP contribution in [-0.4, -0.2) is 22.7 Å². The maximum absolute atomic E-state index is 12.0. The van der Waals surface area contributed by atoms with Gasteiger partial charge in [0.1, 0.15) is 10.8 Å². The molecule has 0 saturated heterocycles. The number of nitrogens with two attached hydrogens (primary N) is 1. The van der Waals surface area contributed by atoms with Gasteiger partial charge in [-0.05, 0) is 31.5 Å². The summed E-state index contributed by atoms with van der Waals surface area (Å²) in [5.74, 6) is 0.736. The van der Waals surface area contributed by atoms with Crippen LogP contribution in [0.1, 0.15) is 30.5 Å². The van der Waals surface area contributed by atoms with Gasteiger partial charge in [-0.2, -0.15) is 0 Å². The summed E-state index contributed by atoms with van der Waals surface area (Å²) in [6, 6.07) is 7.30. The smallest absolute Gasteiger partial charge is 0.224 e. The fraction of sp³-hybridized carbons (Fsp3) is 0.357. The summed E-state index contributed by atoms with van der Waals surface area (Å²) >= 11 is 1.28. The number of nitrogen functional groups attached to an aromatic ring is 1. The summed E-state index contributed by atoms with van der Waals surface area (Å²) in [4.78, 5) is 12.0. The van der Waals surface area contributed by atoms with Crippen LogP contribution in [0.2, 0.25) is 0 Å². The van der Waals surface area contributed by atoms with Gasteiger partial charge >= 0.3 is 0 Å². The highest BCUT2D eigenvalue weighted by molar-refractivity contribution is 7.15. The van der Waals surface area contributed by atoms with Gasteiger partial charge in [-0.15, -0.1) is 10.2 Å². The SMILES string of the molecule is CCOc1ccc(CC(=O)N[C@H](C)c2nnc(N)s2)cc1. The number of nitrogens with zero attached hydrogens (tertiary/aromatic N) is 2. The zero-order valence-electron chi connectivity index (χ0n) is 12.0. The molecule has 0 radical (unpaired) electrons. The number of carbonyl (C=O) groups excluding carboxylic acids is 1. The second-order valence-electron chi connectivity index (χ2n) is 4.52. The Morgan fingerprint density at radius 2 is 2.10 bits per heavy atom. The molecule has 112 valence electrons. The number of nitrogens with one attached hydrogen (secondary N) is 1. The van der Waals surface area contributed by atoms with Gasteiger partial charge in [0, 0.05) is 0 Å². The van der Waals surface area contributed by atoms with Crippen molar-refractivity contribution < 1.29 is 9.53 Å². The molecule has 1 aromatic heterocycles. The van der Waals surface area contributed by atoms with Crippen molar-refractivity contribution in [3.8, 4) is 5.75 Å². The summed E-state index contributed by atoms with van der Waals surface area (Å²) in [5.41, 5.74) is 6.46. The molecule has 1 atom stereocenters. The van der Waals surface area contributed by atoms with Gasteiger partial charge in [-0.1, -0.05) is 23.5 Å². The molecule has 0 bridgehead atoms. The van der Waals surface area contributed by atoms with Gasteiger partial charge in [0.15, 0.2) is 0 Å². The van der Waals surface area contributed by atoms with Crippen molar-refractivity contribution >= 4 is 22.4 Å². The minimum Gasteiger partial charge on any atom is -0.494 e. The van der Waals surface area contributed by atoms with E-state index in [0.717, 1.165) is 11.3 Å². The summed E-state index contributed by atoms with van der Waals surface area (Å²) in [6.45, 7) is 4.42. The summed E-state index contributed by atoms with van der Waals surface area (Å²) < 4.78 is 5.36. The highest BCUT2D eigenvalue weighted by Gasteiger charge is 2.14. The number of anilines is 1. The van der Waals surface area contributed by atoms with Crippen molar-refractivity contribution in [1.29, 1.82) is 0 Å². The third-order valence-electron chi connectivity index (χ3n) is 2.80. The molecule has 0 fully saturated rings. The van der Waals surface area contributed by atoms with E-state index >= 15 is 0 Å². The predicted octanol–water partition coefficient (Wildman–Crippen LogP) is 1.94. The molecule has 0 saturated carbocycles. The van der Waals surface area contributed by atoms with Gasteiger partial charge in [0.05, 0.1) is 19.1 Å². The Balaban J connectivity index is 1.89. The van der Waals surface area contributed by atoms with E-state index in [1.165, 1.54) is 11.3 Å². The van der Waals surface area contributed by atoms with Crippen LogP contribution < -0.4 is 15.8 Å². The van der Waals surface area contributed by atoms with Crippen molar-refractivity contribution in [3.05, 3.63) is 34.8 Å². The van der Waals surface area contributed by atoms with E-state index in [2.05, 4.69) is 15.5 Å². The van der Waals surface area contributed by atoms with Crippen LogP contribution in [-0.2, 0) is 11.2 Å². The van der Waals surface area contributed by atoms with Crippen molar-refractivity contribution in [2.75, 3.05) is 12.3 Å². The molecule has 1 heterocycles. The molecule has 0 unspecified atom stereocenters. The average Bonchev–Trinajstić information content (AvgIpc) is 2.88. The lowest BCUT2D eigenvalue weighted by atomic mass is 10.1. The van der Waals surface area contributed by atoms with Gasteiger partial charge in [-0.3, -0.25) is 4.79 Å². The first-order chi connectivity index (χ1) is 10.1. The zero-order valence-corrected chi connectivity index (χ0v) is 12.8. The van der Waals surface area contributed by atoms with E-state index in [-0.39, 0.29) is 11.9 Å². The van der Waals surface area contributed by atoms with E-state index < -0.39 is 0 Å². The zero-order chi connectivity index (χ0) is 15.2. The molecule has 2 rings (SSSR count). The van der Waals surface area contributed by atoms with Crippen molar-refractivity contribution in [2.45, 2.75) is 26.3 Å². The Bertz CT molecular complexity index is 597. The molecule has 6 nitrogen and oxygen atoms in total. The van der Waals surface area contributed by atoms with Gasteiger partial charge < -0.3 is 15.8 Å². The fourth-order valence-corrected chi connectivity index (χ4v) is 2.44. The molecule has 2 aromatic rings. The van der Waals surface area contributed by atoms with E-state index in [1.807, 2.05) is 38.1 Å². The Labute approximate surface area is 127 Å². The van der Waals surface area contributed by atoms with Crippen molar-refractivity contribution in [3.63, 3.8) is 0 Å². The normalized spacial score (nSPS) is 11.9. The highest BCUT2D eigenvalue weighted by atomic mass is 32.1. The van der Waals surface area contributed by atoms with Crippen molar-refractivity contribution in [1.82, 2.24) is 15.5 Å². The molecule has 1 aromatic carbocycles. The lowest BCUT2D eigenvalue weighted by Gasteiger charge is -2.11. The van der Waals surface area contributed by atoms with E-state index in [1.54, 1.807) is 0 Å². The Hall–Kier alpha value is -2.15. The third-order valence-corrected chi connectivity index (χ3v) is 3.74. The predicted molar refractivity (Wildman–Crippen MR) is 82.2 cm³/mol. The van der Waals surface area contributed by atoms with Crippen molar-refractivity contribution in [2.24, 2.45) is 0 Å². The average molecular weight is 306 g/mol. The van der Waals surface area contributed by atoms with E-state index in [9.17, 15) is 4.79 Å². The number of hydrogen-bond donors (Lipinski definition) is 2. The van der Waals surface area contributed by atoms with Gasteiger partial charge in [0.2, 0.25) is 11.0 Å². The molecule has 3 N–H and O–H groups in total. The molecule has 0 aliphatic heterocycles. The minimum absolute atomic E-state index is 0.0690. The number of rotatable bonds is 6. The number of aromatic nitrogens is 2. The molecule has 7 heteroatoms. The molecule has 0 aliphatic rings. The monoisotopic (exact) mass is 306 g/mol. The lowest BCUT2D eigenvalue weighted by molar-refractivity contribution is -0.121. The standard InChI is InChI=1S/C14H18N4O2S/c1-3-20-11-6-4-10(5-7-11)8-12(19)16-9(2)13-17-18-14(15)21-13/h4-7,9H,3,8H2,1-2H3,(H2,15,18)(H,16,19)/t9-/m1/s1. The Morgan fingerprint density at radius 1 is 1.38 bits per heavy atom. The lowest BCUT2D eigenvalue weighted by Crippen LogP contribution is -2.28. The number of hydrogen-bond acceptors (Lipinski definition) is 6. The number of carbonyl (C=O) groups is 1. The number of benzene rings is 1. The van der Waals surface area contributed by atoms with Crippen LogP contribution >= 0.6 is 11.3 Å². The molecular formula is C14H18N4O2S. The van der Waals surface area contributed by atoms with Crippen LogP contribution in [0.3, 0.4) is 0 Å². The molecule has 1 amide bonds. The molecular weight excluding hydrogens is 288 g/mol. The largest absolute Gasteiger partial charge is 0.494 e. The fourth-order valence-electron chi connectivity index (χ4n) is 1.83. The second-order valence-corrected chi connectivity index (χ2v) is 5.56. The third kappa shape index (κ3) is 4.42. The van der Waals surface area contributed by atoms with Crippen LogP contribution in [0, 0.1) is 0 Å². The number of amides is 1. The van der Waals surface area contributed by atoms with Gasteiger partial charge in [-0.25, -0.2) is 0 Å². The molecule has 0 aliphatic carbocycles. The van der Waals surface area contributed by atoms with Crippen LogP contribution in [0.15, 0.2) is 24.3 Å². The topological polar surface area (TPSA) is 90.1 Å². The van der Waals surface area contributed by atoms with Gasteiger partial charge in [0.25, 0.3) is 0 Å². The Kier molecular flexibility index (Phi) is 5.10. The van der Waals surface area contributed by atoms with Crippen LogP contribution in [0.4, 0.5) is 5.13 Å². The summed E-state index contributed by atoms with van der Waals surface area (Å²) in [6.07, 6.45) is 0.311. The summed E-state index contributed by atoms with van der Waals surface area (Å²) in [5, 5.41) is 11.6. The summed E-state index contributed by atoms with van der Waals surface area (Å²) in [7, 11) is 0. The Morgan fingerprint density at radius 3 is 2.67 bits per heavy atom. The van der Waals surface area contributed by atoms with E-state index in [0.29, 0.717) is 23.2 Å². The quantitative estimate of drug-likeness (QED) is 0.851. The first-order valence-corrected chi connectivity index (χ1v) is 7.50. The first kappa shape index (κ1) is 15.2. The van der Waals surface area contributed by atoms with E-state index in [4.69, 9.17) is 10.5 Å². The molecule has 21 heavy (non-hydrogen) atoms. The minimum atomic E-state index is -0.199.